The minimum absolute atomic E-state index is 0.0806. The van der Waals surface area contributed by atoms with E-state index in [9.17, 15) is 5.11 Å². The first-order valence-electron chi connectivity index (χ1n) is 6.95. The molecule has 1 aromatic carbocycles. The zero-order chi connectivity index (χ0) is 15.4. The fourth-order valence-electron chi connectivity index (χ4n) is 1.56. The van der Waals surface area contributed by atoms with Crippen LogP contribution in [0.25, 0.3) is 0 Å². The van der Waals surface area contributed by atoms with Crippen LogP contribution < -0.4 is 10.1 Å². The summed E-state index contributed by atoms with van der Waals surface area (Å²) in [7, 11) is 0. The minimum Gasteiger partial charge on any atom is -0.493 e. The van der Waals surface area contributed by atoms with Gasteiger partial charge in [0, 0.05) is 23.0 Å². The van der Waals surface area contributed by atoms with Gasteiger partial charge >= 0.3 is 0 Å². The molecule has 114 valence electrons. The summed E-state index contributed by atoms with van der Waals surface area (Å²) in [5, 5.41) is 13.1. The topological polar surface area (TPSA) is 41.5 Å². The van der Waals surface area contributed by atoms with E-state index < -0.39 is 5.60 Å². The predicted molar refractivity (Wildman–Crippen MR) is 87.1 cm³/mol. The summed E-state index contributed by atoms with van der Waals surface area (Å²) >= 11 is 3.56. The highest BCUT2D eigenvalue weighted by Crippen LogP contribution is 2.23. The van der Waals surface area contributed by atoms with Gasteiger partial charge in [0.15, 0.2) is 0 Å². The Bertz CT molecular complexity index is 433. The van der Waals surface area contributed by atoms with E-state index in [-0.39, 0.29) is 5.54 Å². The van der Waals surface area contributed by atoms with Crippen molar-refractivity contribution < 1.29 is 9.84 Å². The molecule has 1 aromatic rings. The number of benzene rings is 1. The number of aliphatic hydroxyl groups is 1. The van der Waals surface area contributed by atoms with Gasteiger partial charge in [-0.25, -0.2) is 0 Å². The largest absolute Gasteiger partial charge is 0.493 e. The van der Waals surface area contributed by atoms with Gasteiger partial charge in [-0.3, -0.25) is 0 Å². The third-order valence-electron chi connectivity index (χ3n) is 2.81. The second-order valence-corrected chi connectivity index (χ2v) is 7.62. The van der Waals surface area contributed by atoms with Crippen LogP contribution in [0.4, 0.5) is 0 Å². The molecule has 0 unspecified atom stereocenters. The smallest absolute Gasteiger partial charge is 0.119 e. The number of ether oxygens (including phenoxy) is 1. The molecule has 4 heteroatoms. The average molecular weight is 344 g/mol. The van der Waals surface area contributed by atoms with E-state index in [1.807, 2.05) is 18.2 Å². The number of nitrogens with one attached hydrogen (secondary N) is 1. The van der Waals surface area contributed by atoms with Crippen LogP contribution in [0.15, 0.2) is 22.7 Å². The molecular weight excluding hydrogens is 318 g/mol. The molecule has 0 amide bonds. The van der Waals surface area contributed by atoms with E-state index in [0.717, 1.165) is 16.8 Å². The molecule has 0 bridgehead atoms. The summed E-state index contributed by atoms with van der Waals surface area (Å²) in [6, 6.07) is 5.97. The lowest BCUT2D eigenvalue weighted by molar-refractivity contribution is 0.0553. The van der Waals surface area contributed by atoms with Crippen molar-refractivity contribution in [1.82, 2.24) is 5.32 Å². The third kappa shape index (κ3) is 7.27. The molecule has 20 heavy (non-hydrogen) atoms. The van der Waals surface area contributed by atoms with E-state index in [1.54, 1.807) is 13.8 Å². The molecule has 2 N–H and O–H groups in total. The molecular formula is C16H26BrNO2. The number of hydrogen-bond acceptors (Lipinski definition) is 3. The van der Waals surface area contributed by atoms with Crippen molar-refractivity contribution in [2.24, 2.45) is 0 Å². The Morgan fingerprint density at radius 3 is 2.40 bits per heavy atom. The second kappa shape index (κ2) is 6.92. The zero-order valence-electron chi connectivity index (χ0n) is 13.1. The summed E-state index contributed by atoms with van der Waals surface area (Å²) in [5.74, 6) is 0.836. The third-order valence-corrected chi connectivity index (χ3v) is 3.58. The van der Waals surface area contributed by atoms with Gasteiger partial charge in [-0.15, -0.1) is 0 Å². The van der Waals surface area contributed by atoms with E-state index in [2.05, 4.69) is 42.0 Å². The van der Waals surface area contributed by atoms with Crippen molar-refractivity contribution in [1.29, 1.82) is 0 Å². The summed E-state index contributed by atoms with van der Waals surface area (Å²) in [6.07, 6.45) is 0.610. The lowest BCUT2D eigenvalue weighted by atomic mass is 10.1. The molecule has 1 rings (SSSR count). The van der Waals surface area contributed by atoms with Crippen LogP contribution >= 0.6 is 15.9 Å². The highest BCUT2D eigenvalue weighted by Gasteiger charge is 2.13. The Kier molecular flexibility index (Phi) is 6.05. The first-order valence-corrected chi connectivity index (χ1v) is 7.75. The maximum Gasteiger partial charge on any atom is 0.119 e. The lowest BCUT2D eigenvalue weighted by Crippen LogP contribution is -2.35. The maximum absolute atomic E-state index is 9.67. The highest BCUT2D eigenvalue weighted by atomic mass is 79.9. The summed E-state index contributed by atoms with van der Waals surface area (Å²) in [5.41, 5.74) is 0.559. The Morgan fingerprint density at radius 1 is 1.20 bits per heavy atom. The van der Waals surface area contributed by atoms with Crippen molar-refractivity contribution in [2.45, 2.75) is 58.7 Å². The number of halogens is 1. The van der Waals surface area contributed by atoms with E-state index in [0.29, 0.717) is 13.0 Å². The van der Waals surface area contributed by atoms with Crippen molar-refractivity contribution in [2.75, 3.05) is 6.61 Å². The number of hydrogen-bond donors (Lipinski definition) is 2. The fraction of sp³-hybridized carbons (Fsp3) is 0.625. The molecule has 0 spiro atoms. The van der Waals surface area contributed by atoms with Gasteiger partial charge in [0.25, 0.3) is 0 Å². The molecule has 0 aromatic heterocycles. The Hall–Kier alpha value is -0.580. The second-order valence-electron chi connectivity index (χ2n) is 6.77. The van der Waals surface area contributed by atoms with Crippen LogP contribution in [0.2, 0.25) is 0 Å². The van der Waals surface area contributed by atoms with E-state index in [1.165, 1.54) is 5.56 Å². The zero-order valence-corrected chi connectivity index (χ0v) is 14.7. The molecule has 0 heterocycles. The summed E-state index contributed by atoms with van der Waals surface area (Å²) < 4.78 is 6.77. The lowest BCUT2D eigenvalue weighted by Gasteiger charge is -2.21. The molecule has 0 aliphatic rings. The SMILES string of the molecule is CC(C)(O)CCOc1ccc(Br)c(CNC(C)(C)C)c1. The van der Waals surface area contributed by atoms with Gasteiger partial charge in [-0.1, -0.05) is 15.9 Å². The normalized spacial score (nSPS) is 12.6. The van der Waals surface area contributed by atoms with Crippen molar-refractivity contribution in [3.8, 4) is 5.75 Å². The van der Waals surface area contributed by atoms with E-state index >= 15 is 0 Å². The van der Waals surface area contributed by atoms with Gasteiger partial charge in [0.05, 0.1) is 12.2 Å². The average Bonchev–Trinajstić information content (AvgIpc) is 2.27. The molecule has 0 radical (unpaired) electrons. The summed E-state index contributed by atoms with van der Waals surface area (Å²) in [4.78, 5) is 0. The predicted octanol–water partition coefficient (Wildman–Crippen LogP) is 3.88. The van der Waals surface area contributed by atoms with Gasteiger partial charge < -0.3 is 15.2 Å². The molecule has 0 fully saturated rings. The van der Waals surface area contributed by atoms with Crippen LogP contribution in [-0.4, -0.2) is 22.9 Å². The number of rotatable bonds is 6. The van der Waals surface area contributed by atoms with Crippen molar-refractivity contribution in [3.05, 3.63) is 28.2 Å². The Labute approximate surface area is 130 Å². The quantitative estimate of drug-likeness (QED) is 0.823. The molecule has 0 aliphatic carbocycles. The van der Waals surface area contributed by atoms with Crippen LogP contribution in [0.3, 0.4) is 0 Å². The standard InChI is InChI=1S/C16H26BrNO2/c1-15(2,3)18-11-12-10-13(6-7-14(12)17)20-9-8-16(4,5)19/h6-7,10,18-19H,8-9,11H2,1-5H3. The summed E-state index contributed by atoms with van der Waals surface area (Å²) in [6.45, 7) is 11.3. The highest BCUT2D eigenvalue weighted by molar-refractivity contribution is 9.10. The molecule has 0 aliphatic heterocycles. The van der Waals surface area contributed by atoms with Gasteiger partial charge in [-0.2, -0.15) is 0 Å². The van der Waals surface area contributed by atoms with E-state index in [4.69, 9.17) is 4.74 Å². The Balaban J connectivity index is 2.62. The van der Waals surface area contributed by atoms with Crippen molar-refractivity contribution in [3.63, 3.8) is 0 Å². The first kappa shape index (κ1) is 17.5. The van der Waals surface area contributed by atoms with Gasteiger partial charge in [-0.05, 0) is 58.4 Å². The molecule has 0 saturated heterocycles. The maximum atomic E-state index is 9.67. The van der Waals surface area contributed by atoms with Crippen molar-refractivity contribution >= 4 is 15.9 Å². The Morgan fingerprint density at radius 2 is 1.85 bits per heavy atom. The minimum atomic E-state index is -0.689. The first-order chi connectivity index (χ1) is 9.07. The molecule has 0 saturated carbocycles. The van der Waals surface area contributed by atoms with Gasteiger partial charge in [0.1, 0.15) is 5.75 Å². The van der Waals surface area contributed by atoms with Crippen LogP contribution in [0, 0.1) is 0 Å². The van der Waals surface area contributed by atoms with Crippen LogP contribution in [0.1, 0.15) is 46.6 Å². The molecule has 0 atom stereocenters. The fourth-order valence-corrected chi connectivity index (χ4v) is 1.94. The van der Waals surface area contributed by atoms with Crippen LogP contribution in [0.5, 0.6) is 5.75 Å². The van der Waals surface area contributed by atoms with Gasteiger partial charge in [0.2, 0.25) is 0 Å². The van der Waals surface area contributed by atoms with Crippen LogP contribution in [-0.2, 0) is 6.54 Å². The monoisotopic (exact) mass is 343 g/mol. The molecule has 3 nitrogen and oxygen atoms in total.